The second kappa shape index (κ2) is 5.94. The fourth-order valence-corrected chi connectivity index (χ4v) is 4.24. The maximum absolute atomic E-state index is 13.1. The first-order valence-electron chi connectivity index (χ1n) is 8.05. The Morgan fingerprint density at radius 3 is 3.08 bits per heavy atom. The number of fused-ring (bicyclic) bond motifs is 1. The highest BCUT2D eigenvalue weighted by Gasteiger charge is 2.33. The molecule has 0 radical (unpaired) electrons. The van der Waals surface area contributed by atoms with E-state index in [2.05, 4.69) is 9.97 Å². The molecular weight excluding hydrogens is 322 g/mol. The number of ether oxygens (including phenoxy) is 1. The number of amides is 1. The quantitative estimate of drug-likeness (QED) is 0.785. The summed E-state index contributed by atoms with van der Waals surface area (Å²) in [6.45, 7) is 2.77. The number of hydrogen-bond donors (Lipinski definition) is 1. The van der Waals surface area contributed by atoms with Crippen LogP contribution < -0.4 is 4.74 Å². The Kier molecular flexibility index (Phi) is 3.76. The third kappa shape index (κ3) is 2.38. The average Bonchev–Trinajstić information content (AvgIpc) is 3.33. The summed E-state index contributed by atoms with van der Waals surface area (Å²) < 4.78 is 5.30. The predicted molar refractivity (Wildman–Crippen MR) is 94.7 cm³/mol. The second-order valence-corrected chi connectivity index (χ2v) is 6.99. The number of nitrogens with zero attached hydrogens (tertiary/aromatic N) is 2. The molecule has 24 heavy (non-hydrogen) atoms. The van der Waals surface area contributed by atoms with Crippen LogP contribution in [0.25, 0.3) is 10.9 Å². The molecule has 4 rings (SSSR count). The fourth-order valence-electron chi connectivity index (χ4n) is 3.46. The molecule has 3 aromatic rings. The molecular formula is C18H19N3O2S. The second-order valence-electron chi connectivity index (χ2n) is 6.06. The molecule has 1 aliphatic heterocycles. The number of likely N-dealkylation sites (tertiary alicyclic amines) is 1. The Balaban J connectivity index is 1.71. The van der Waals surface area contributed by atoms with Gasteiger partial charge in [0.15, 0.2) is 0 Å². The first kappa shape index (κ1) is 15.2. The van der Waals surface area contributed by atoms with Crippen molar-refractivity contribution in [2.75, 3.05) is 13.7 Å². The number of benzene rings is 1. The van der Waals surface area contributed by atoms with E-state index in [1.165, 1.54) is 0 Å². The van der Waals surface area contributed by atoms with Crippen molar-refractivity contribution < 1.29 is 9.53 Å². The van der Waals surface area contributed by atoms with Crippen LogP contribution in [0.2, 0.25) is 0 Å². The maximum atomic E-state index is 13.1. The Hall–Kier alpha value is -2.34. The summed E-state index contributed by atoms with van der Waals surface area (Å²) in [7, 11) is 1.65. The van der Waals surface area contributed by atoms with Crippen molar-refractivity contribution in [1.29, 1.82) is 0 Å². The Labute approximate surface area is 144 Å². The van der Waals surface area contributed by atoms with E-state index in [9.17, 15) is 4.79 Å². The number of methoxy groups -OCH3 is 1. The number of hydrogen-bond acceptors (Lipinski definition) is 4. The molecule has 5 nitrogen and oxygen atoms in total. The van der Waals surface area contributed by atoms with Crippen molar-refractivity contribution in [2.24, 2.45) is 0 Å². The van der Waals surface area contributed by atoms with Gasteiger partial charge >= 0.3 is 0 Å². The molecule has 1 aliphatic rings. The smallest absolute Gasteiger partial charge is 0.271 e. The standard InChI is InChI=1S/C18H19N3O2S/c1-11-13-10-12(23-2)5-6-14(13)20-16(11)18(22)21-8-3-4-15(21)17-19-7-9-24-17/h5-7,9-10,15,20H,3-4,8H2,1-2H3/t15-/m1/s1. The number of aromatic nitrogens is 2. The van der Waals surface area contributed by atoms with Crippen molar-refractivity contribution in [1.82, 2.24) is 14.9 Å². The Morgan fingerprint density at radius 2 is 2.33 bits per heavy atom. The lowest BCUT2D eigenvalue weighted by Gasteiger charge is -2.22. The predicted octanol–water partition coefficient (Wildman–Crippen LogP) is 3.92. The van der Waals surface area contributed by atoms with E-state index in [-0.39, 0.29) is 11.9 Å². The highest BCUT2D eigenvalue weighted by atomic mass is 32.1. The van der Waals surface area contributed by atoms with E-state index in [1.807, 2.05) is 35.4 Å². The van der Waals surface area contributed by atoms with Gasteiger partial charge in [-0.2, -0.15) is 0 Å². The Morgan fingerprint density at radius 1 is 1.46 bits per heavy atom. The number of H-pyrrole nitrogens is 1. The molecule has 1 saturated heterocycles. The molecule has 1 atom stereocenters. The number of thiazole rings is 1. The van der Waals surface area contributed by atoms with Crippen LogP contribution in [-0.2, 0) is 0 Å². The van der Waals surface area contributed by atoms with Crippen molar-refractivity contribution in [3.05, 3.63) is 46.0 Å². The third-order valence-electron chi connectivity index (χ3n) is 4.73. The molecule has 0 aliphatic carbocycles. The Bertz CT molecular complexity index is 885. The lowest BCUT2D eigenvalue weighted by Crippen LogP contribution is -2.31. The van der Waals surface area contributed by atoms with E-state index in [4.69, 9.17) is 4.74 Å². The van der Waals surface area contributed by atoms with Crippen molar-refractivity contribution >= 4 is 28.1 Å². The first-order valence-corrected chi connectivity index (χ1v) is 8.93. The molecule has 6 heteroatoms. The summed E-state index contributed by atoms with van der Waals surface area (Å²) in [5, 5.41) is 4.02. The summed E-state index contributed by atoms with van der Waals surface area (Å²) in [5.41, 5.74) is 2.60. The van der Waals surface area contributed by atoms with Crippen molar-refractivity contribution in [3.63, 3.8) is 0 Å². The lowest BCUT2D eigenvalue weighted by atomic mass is 10.1. The van der Waals surface area contributed by atoms with E-state index < -0.39 is 0 Å². The molecule has 1 aromatic carbocycles. The largest absolute Gasteiger partial charge is 0.497 e. The van der Waals surface area contributed by atoms with Gasteiger partial charge in [0.1, 0.15) is 16.5 Å². The maximum Gasteiger partial charge on any atom is 0.271 e. The zero-order chi connectivity index (χ0) is 16.7. The number of aromatic amines is 1. The summed E-state index contributed by atoms with van der Waals surface area (Å²) in [4.78, 5) is 22.8. The lowest BCUT2D eigenvalue weighted by molar-refractivity contribution is 0.0729. The van der Waals surface area contributed by atoms with Crippen LogP contribution in [0.15, 0.2) is 29.8 Å². The van der Waals surface area contributed by atoms with Crippen LogP contribution in [0.1, 0.15) is 39.9 Å². The normalized spacial score (nSPS) is 17.6. The summed E-state index contributed by atoms with van der Waals surface area (Å²) in [5.74, 6) is 0.853. The fraction of sp³-hybridized carbons (Fsp3) is 0.333. The SMILES string of the molecule is COc1ccc2[nH]c(C(=O)N3CCC[C@@H]3c3nccs3)c(C)c2c1. The average molecular weight is 341 g/mol. The molecule has 2 aromatic heterocycles. The molecule has 3 heterocycles. The highest BCUT2D eigenvalue weighted by Crippen LogP contribution is 2.35. The zero-order valence-corrected chi connectivity index (χ0v) is 14.5. The monoisotopic (exact) mass is 341 g/mol. The van der Waals surface area contributed by atoms with Crippen LogP contribution in [0, 0.1) is 6.92 Å². The van der Waals surface area contributed by atoms with Gasteiger partial charge < -0.3 is 14.6 Å². The number of carbonyl (C=O) groups is 1. The van der Waals surface area contributed by atoms with Gasteiger partial charge in [-0.3, -0.25) is 4.79 Å². The number of aryl methyl sites for hydroxylation is 1. The van der Waals surface area contributed by atoms with Crippen LogP contribution in [-0.4, -0.2) is 34.4 Å². The summed E-state index contributed by atoms with van der Waals surface area (Å²) in [6, 6.07) is 5.93. The minimum Gasteiger partial charge on any atom is -0.497 e. The highest BCUT2D eigenvalue weighted by molar-refractivity contribution is 7.09. The van der Waals surface area contributed by atoms with Gasteiger partial charge in [-0.05, 0) is 43.5 Å². The van der Waals surface area contributed by atoms with Crippen LogP contribution in [0.5, 0.6) is 5.75 Å². The van der Waals surface area contributed by atoms with Gasteiger partial charge in [0.25, 0.3) is 5.91 Å². The first-order chi connectivity index (χ1) is 11.7. The summed E-state index contributed by atoms with van der Waals surface area (Å²) in [6.07, 6.45) is 3.80. The van der Waals surface area contributed by atoms with Gasteiger partial charge in [-0.25, -0.2) is 4.98 Å². The zero-order valence-electron chi connectivity index (χ0n) is 13.7. The molecule has 0 saturated carbocycles. The van der Waals surface area contributed by atoms with Crippen LogP contribution in [0.4, 0.5) is 0 Å². The van der Waals surface area contributed by atoms with Gasteiger partial charge in [0, 0.05) is 29.0 Å². The van der Waals surface area contributed by atoms with E-state index in [0.29, 0.717) is 5.69 Å². The topological polar surface area (TPSA) is 58.2 Å². The van der Waals surface area contributed by atoms with Gasteiger partial charge in [0.2, 0.25) is 0 Å². The van der Waals surface area contributed by atoms with E-state index in [1.54, 1.807) is 24.6 Å². The van der Waals surface area contributed by atoms with Gasteiger partial charge in [-0.15, -0.1) is 11.3 Å². The van der Waals surface area contributed by atoms with Crippen LogP contribution in [0.3, 0.4) is 0 Å². The minimum atomic E-state index is 0.0559. The molecule has 0 bridgehead atoms. The number of rotatable bonds is 3. The molecule has 0 unspecified atom stereocenters. The van der Waals surface area contributed by atoms with Gasteiger partial charge in [-0.1, -0.05) is 0 Å². The van der Waals surface area contributed by atoms with Gasteiger partial charge in [0.05, 0.1) is 13.2 Å². The molecule has 1 N–H and O–H groups in total. The number of carbonyl (C=O) groups excluding carboxylic acids is 1. The van der Waals surface area contributed by atoms with Crippen molar-refractivity contribution in [2.45, 2.75) is 25.8 Å². The van der Waals surface area contributed by atoms with E-state index >= 15 is 0 Å². The molecule has 1 fully saturated rings. The molecule has 0 spiro atoms. The number of nitrogens with one attached hydrogen (secondary N) is 1. The molecule has 1 amide bonds. The van der Waals surface area contributed by atoms with Crippen molar-refractivity contribution in [3.8, 4) is 5.75 Å². The third-order valence-corrected chi connectivity index (χ3v) is 5.61. The molecule has 124 valence electrons. The summed E-state index contributed by atoms with van der Waals surface area (Å²) >= 11 is 1.62. The van der Waals surface area contributed by atoms with Crippen LogP contribution >= 0.6 is 11.3 Å². The minimum absolute atomic E-state index is 0.0559. The van der Waals surface area contributed by atoms with E-state index in [0.717, 1.165) is 46.6 Å².